The van der Waals surface area contributed by atoms with Crippen molar-refractivity contribution in [1.82, 2.24) is 0 Å². The summed E-state index contributed by atoms with van der Waals surface area (Å²) in [5.74, 6) is 0. The van der Waals surface area contributed by atoms with Gasteiger partial charge in [0.25, 0.3) is 0 Å². The quantitative estimate of drug-likeness (QED) is 0.622. The van der Waals surface area contributed by atoms with Gasteiger partial charge in [0.15, 0.2) is 0 Å². The molecule has 1 aliphatic rings. The van der Waals surface area contributed by atoms with Gasteiger partial charge in [-0.3, -0.25) is 0 Å². The van der Waals surface area contributed by atoms with Crippen molar-refractivity contribution >= 4 is 17.3 Å². The molecule has 2 rings (SSSR count). The highest BCUT2D eigenvalue weighted by Gasteiger charge is 2.13. The van der Waals surface area contributed by atoms with Gasteiger partial charge in [0, 0.05) is 23.8 Å². The standard InChI is InChI=1S/C9H10ClN/c10-8-2-4-9(5-3-8)11-6-1-7-11/h2-5H,1,6-7H2. The van der Waals surface area contributed by atoms with Crippen LogP contribution >= 0.6 is 11.6 Å². The minimum absolute atomic E-state index is 0.814. The number of nitrogens with zero attached hydrogens (tertiary/aromatic N) is 1. The van der Waals surface area contributed by atoms with Crippen LogP contribution in [0.4, 0.5) is 5.69 Å². The third-order valence-electron chi connectivity index (χ3n) is 2.05. The number of rotatable bonds is 1. The van der Waals surface area contributed by atoms with E-state index in [4.69, 9.17) is 11.6 Å². The van der Waals surface area contributed by atoms with E-state index in [1.807, 2.05) is 12.1 Å². The first-order chi connectivity index (χ1) is 5.36. The lowest BCUT2D eigenvalue weighted by Crippen LogP contribution is -2.36. The van der Waals surface area contributed by atoms with E-state index in [9.17, 15) is 0 Å². The van der Waals surface area contributed by atoms with Crippen molar-refractivity contribution in [2.45, 2.75) is 6.42 Å². The molecule has 0 spiro atoms. The molecule has 1 aliphatic heterocycles. The predicted octanol–water partition coefficient (Wildman–Crippen LogP) is 2.55. The minimum atomic E-state index is 0.814. The Balaban J connectivity index is 2.18. The Labute approximate surface area is 71.6 Å². The van der Waals surface area contributed by atoms with Crippen molar-refractivity contribution in [3.8, 4) is 0 Å². The summed E-state index contributed by atoms with van der Waals surface area (Å²) >= 11 is 5.76. The van der Waals surface area contributed by atoms with Crippen LogP contribution in [-0.4, -0.2) is 13.1 Å². The molecule has 0 atom stereocenters. The van der Waals surface area contributed by atoms with Crippen LogP contribution in [0.1, 0.15) is 6.42 Å². The van der Waals surface area contributed by atoms with Crippen molar-refractivity contribution in [3.63, 3.8) is 0 Å². The van der Waals surface area contributed by atoms with Gasteiger partial charge < -0.3 is 4.90 Å². The molecule has 0 saturated carbocycles. The van der Waals surface area contributed by atoms with E-state index >= 15 is 0 Å². The van der Waals surface area contributed by atoms with Crippen LogP contribution < -0.4 is 4.90 Å². The summed E-state index contributed by atoms with van der Waals surface area (Å²) in [5, 5.41) is 0.814. The van der Waals surface area contributed by atoms with E-state index < -0.39 is 0 Å². The lowest BCUT2D eigenvalue weighted by Gasteiger charge is -2.33. The van der Waals surface area contributed by atoms with E-state index in [-0.39, 0.29) is 0 Å². The third-order valence-corrected chi connectivity index (χ3v) is 2.30. The number of anilines is 1. The number of benzene rings is 1. The zero-order valence-corrected chi connectivity index (χ0v) is 7.01. The first-order valence-corrected chi connectivity index (χ1v) is 4.24. The van der Waals surface area contributed by atoms with E-state index in [1.54, 1.807) is 0 Å². The van der Waals surface area contributed by atoms with Crippen LogP contribution in [0.15, 0.2) is 24.3 Å². The van der Waals surface area contributed by atoms with Crippen LogP contribution in [0.3, 0.4) is 0 Å². The smallest absolute Gasteiger partial charge is 0.0407 e. The molecule has 1 nitrogen and oxygen atoms in total. The van der Waals surface area contributed by atoms with Crippen LogP contribution in [-0.2, 0) is 0 Å². The van der Waals surface area contributed by atoms with Gasteiger partial charge in [0.05, 0.1) is 0 Å². The maximum atomic E-state index is 5.76. The van der Waals surface area contributed by atoms with Crippen LogP contribution in [0.25, 0.3) is 0 Å². The van der Waals surface area contributed by atoms with Crippen LogP contribution in [0.2, 0.25) is 5.02 Å². The first-order valence-electron chi connectivity index (χ1n) is 3.87. The van der Waals surface area contributed by atoms with Gasteiger partial charge in [0.1, 0.15) is 0 Å². The molecule has 0 aliphatic carbocycles. The fraction of sp³-hybridized carbons (Fsp3) is 0.333. The second kappa shape index (κ2) is 2.74. The molecule has 1 fully saturated rings. The Morgan fingerprint density at radius 1 is 1.09 bits per heavy atom. The summed E-state index contributed by atoms with van der Waals surface area (Å²) in [5.41, 5.74) is 1.29. The van der Waals surface area contributed by atoms with Crippen LogP contribution in [0.5, 0.6) is 0 Å². The lowest BCUT2D eigenvalue weighted by molar-refractivity contribution is 0.618. The summed E-state index contributed by atoms with van der Waals surface area (Å²) in [6.45, 7) is 2.39. The maximum absolute atomic E-state index is 5.76. The monoisotopic (exact) mass is 167 g/mol. The van der Waals surface area contributed by atoms with Gasteiger partial charge in [0.2, 0.25) is 0 Å². The zero-order valence-electron chi connectivity index (χ0n) is 6.26. The molecule has 0 bridgehead atoms. The van der Waals surface area contributed by atoms with Crippen molar-refractivity contribution in [3.05, 3.63) is 29.3 Å². The topological polar surface area (TPSA) is 3.24 Å². The molecular weight excluding hydrogens is 158 g/mol. The SMILES string of the molecule is Clc1ccc(N2CCC2)cc1. The number of hydrogen-bond acceptors (Lipinski definition) is 1. The fourth-order valence-corrected chi connectivity index (χ4v) is 1.35. The summed E-state index contributed by atoms with van der Waals surface area (Å²) in [7, 11) is 0. The van der Waals surface area contributed by atoms with Crippen molar-refractivity contribution in [2.75, 3.05) is 18.0 Å². The molecule has 58 valence electrons. The third kappa shape index (κ3) is 1.33. The molecular formula is C9H10ClN. The van der Waals surface area contributed by atoms with E-state index in [0.717, 1.165) is 5.02 Å². The van der Waals surface area contributed by atoms with Crippen molar-refractivity contribution in [2.24, 2.45) is 0 Å². The minimum Gasteiger partial charge on any atom is -0.371 e. The molecule has 0 N–H and O–H groups in total. The normalized spacial score (nSPS) is 16.3. The van der Waals surface area contributed by atoms with E-state index in [0.29, 0.717) is 0 Å². The Bertz CT molecular complexity index is 238. The van der Waals surface area contributed by atoms with Crippen molar-refractivity contribution in [1.29, 1.82) is 0 Å². The second-order valence-electron chi connectivity index (χ2n) is 2.82. The average Bonchev–Trinajstić information content (AvgIpc) is 1.90. The van der Waals surface area contributed by atoms with Gasteiger partial charge in [-0.2, -0.15) is 0 Å². The van der Waals surface area contributed by atoms with E-state index in [1.165, 1.54) is 25.2 Å². The number of hydrogen-bond donors (Lipinski definition) is 0. The molecule has 1 heterocycles. The summed E-state index contributed by atoms with van der Waals surface area (Å²) in [6.07, 6.45) is 1.32. The summed E-state index contributed by atoms with van der Waals surface area (Å²) in [6, 6.07) is 8.02. The van der Waals surface area contributed by atoms with Gasteiger partial charge in [-0.1, -0.05) is 11.6 Å². The number of halogens is 1. The molecule has 2 heteroatoms. The molecule has 1 aromatic rings. The Kier molecular flexibility index (Phi) is 1.74. The summed E-state index contributed by atoms with van der Waals surface area (Å²) < 4.78 is 0. The largest absolute Gasteiger partial charge is 0.371 e. The van der Waals surface area contributed by atoms with Crippen LogP contribution in [0, 0.1) is 0 Å². The van der Waals surface area contributed by atoms with Gasteiger partial charge in [-0.25, -0.2) is 0 Å². The molecule has 1 aromatic carbocycles. The Morgan fingerprint density at radius 2 is 1.73 bits per heavy atom. The van der Waals surface area contributed by atoms with Crippen molar-refractivity contribution < 1.29 is 0 Å². The molecule has 0 amide bonds. The molecule has 11 heavy (non-hydrogen) atoms. The maximum Gasteiger partial charge on any atom is 0.0407 e. The van der Waals surface area contributed by atoms with E-state index in [2.05, 4.69) is 17.0 Å². The molecule has 0 unspecified atom stereocenters. The predicted molar refractivity (Wildman–Crippen MR) is 48.3 cm³/mol. The Morgan fingerprint density at radius 3 is 2.18 bits per heavy atom. The highest BCUT2D eigenvalue weighted by Crippen LogP contribution is 2.21. The van der Waals surface area contributed by atoms with Gasteiger partial charge in [-0.15, -0.1) is 0 Å². The highest BCUT2D eigenvalue weighted by molar-refractivity contribution is 6.30. The second-order valence-corrected chi connectivity index (χ2v) is 3.25. The molecule has 1 saturated heterocycles. The molecule has 0 radical (unpaired) electrons. The van der Waals surface area contributed by atoms with Gasteiger partial charge >= 0.3 is 0 Å². The molecule has 0 aromatic heterocycles. The fourth-order valence-electron chi connectivity index (χ4n) is 1.23. The zero-order chi connectivity index (χ0) is 7.68. The summed E-state index contributed by atoms with van der Waals surface area (Å²) in [4.78, 5) is 2.34. The first kappa shape index (κ1) is 6.99. The van der Waals surface area contributed by atoms with Gasteiger partial charge in [-0.05, 0) is 30.7 Å². The Hall–Kier alpha value is -0.690. The average molecular weight is 168 g/mol. The lowest BCUT2D eigenvalue weighted by atomic mass is 10.2. The highest BCUT2D eigenvalue weighted by atomic mass is 35.5.